The van der Waals surface area contributed by atoms with E-state index < -0.39 is 12.0 Å². The fraction of sp³-hybridized carbons (Fsp3) is 0.273. The maximum atomic E-state index is 11.3. The van der Waals surface area contributed by atoms with Crippen LogP contribution in [-0.2, 0) is 9.53 Å². The first-order chi connectivity index (χ1) is 8.54. The van der Waals surface area contributed by atoms with Crippen molar-refractivity contribution < 1.29 is 19.1 Å². The molecule has 1 rings (SSSR count). The summed E-state index contributed by atoms with van der Waals surface area (Å²) in [5, 5.41) is 2.51. The number of rotatable bonds is 4. The van der Waals surface area contributed by atoms with Gasteiger partial charge in [-0.2, -0.15) is 0 Å². The minimum absolute atomic E-state index is 0.181. The maximum Gasteiger partial charge on any atom is 0.413 e. The summed E-state index contributed by atoms with van der Waals surface area (Å²) in [7, 11) is 0. The molecule has 7 heteroatoms. The molecule has 0 aliphatic carbocycles. The Morgan fingerprint density at radius 2 is 2.06 bits per heavy atom. The molecular weight excluding hydrogens is 281 g/mol. The van der Waals surface area contributed by atoms with E-state index in [1.165, 1.54) is 0 Å². The van der Waals surface area contributed by atoms with Gasteiger partial charge in [0, 0.05) is 0 Å². The third-order valence-electron chi connectivity index (χ3n) is 1.79. The Balaban J connectivity index is 2.48. The fourth-order valence-corrected chi connectivity index (χ4v) is 1.40. The quantitative estimate of drug-likeness (QED) is 0.926. The average Bonchev–Trinajstić information content (AvgIpc) is 2.31. The number of ether oxygens (including phenoxy) is 2. The van der Waals surface area contributed by atoms with E-state index >= 15 is 0 Å². The second kappa shape index (κ2) is 7.08. The number of halogens is 2. The van der Waals surface area contributed by atoms with E-state index in [9.17, 15) is 9.59 Å². The molecule has 18 heavy (non-hydrogen) atoms. The molecule has 0 bridgehead atoms. The van der Waals surface area contributed by atoms with Crippen molar-refractivity contribution in [3.8, 4) is 5.75 Å². The molecule has 0 aliphatic rings. The third-order valence-corrected chi connectivity index (χ3v) is 2.59. The van der Waals surface area contributed by atoms with E-state index in [2.05, 4.69) is 4.74 Å². The molecule has 5 nitrogen and oxygen atoms in total. The SMILES string of the molecule is CCOC(=O)NC(=O)COc1cccc(Cl)c1Cl. The molecule has 1 N–H and O–H groups in total. The minimum atomic E-state index is -0.816. The van der Waals surface area contributed by atoms with Gasteiger partial charge in [0.15, 0.2) is 6.61 Å². The highest BCUT2D eigenvalue weighted by Gasteiger charge is 2.11. The first kappa shape index (κ1) is 14.6. The summed E-state index contributed by atoms with van der Waals surface area (Å²) >= 11 is 11.6. The molecule has 0 spiro atoms. The molecule has 0 saturated heterocycles. The van der Waals surface area contributed by atoms with Crippen molar-refractivity contribution in [3.05, 3.63) is 28.2 Å². The highest BCUT2D eigenvalue weighted by Crippen LogP contribution is 2.31. The van der Waals surface area contributed by atoms with Crippen LogP contribution < -0.4 is 10.1 Å². The van der Waals surface area contributed by atoms with Crippen LogP contribution >= 0.6 is 23.2 Å². The number of carbonyl (C=O) groups is 2. The molecule has 0 saturated carbocycles. The van der Waals surface area contributed by atoms with Crippen LogP contribution in [0.15, 0.2) is 18.2 Å². The lowest BCUT2D eigenvalue weighted by molar-refractivity contribution is -0.122. The van der Waals surface area contributed by atoms with Gasteiger partial charge in [-0.25, -0.2) is 4.79 Å². The Morgan fingerprint density at radius 1 is 1.33 bits per heavy atom. The molecule has 1 aromatic carbocycles. The summed E-state index contributed by atoms with van der Waals surface area (Å²) in [6, 6.07) is 4.79. The lowest BCUT2D eigenvalue weighted by Crippen LogP contribution is -2.34. The van der Waals surface area contributed by atoms with Crippen molar-refractivity contribution in [2.24, 2.45) is 0 Å². The van der Waals surface area contributed by atoms with Crippen LogP contribution in [0.1, 0.15) is 6.92 Å². The van der Waals surface area contributed by atoms with Crippen LogP contribution in [0.4, 0.5) is 4.79 Å². The molecule has 0 fully saturated rings. The highest BCUT2D eigenvalue weighted by molar-refractivity contribution is 6.42. The number of hydrogen-bond donors (Lipinski definition) is 1. The van der Waals surface area contributed by atoms with E-state index in [-0.39, 0.29) is 24.0 Å². The maximum absolute atomic E-state index is 11.3. The molecule has 0 aromatic heterocycles. The zero-order valence-corrected chi connectivity index (χ0v) is 11.0. The van der Waals surface area contributed by atoms with Gasteiger partial charge < -0.3 is 9.47 Å². The molecule has 0 aliphatic heterocycles. The van der Waals surface area contributed by atoms with Crippen LogP contribution in [-0.4, -0.2) is 25.2 Å². The summed E-state index contributed by atoms with van der Waals surface area (Å²) in [6.45, 7) is 1.45. The number of nitrogens with one attached hydrogen (secondary N) is 1. The van der Waals surface area contributed by atoms with E-state index in [0.717, 1.165) is 0 Å². The van der Waals surface area contributed by atoms with Crippen molar-refractivity contribution in [2.45, 2.75) is 6.92 Å². The zero-order valence-electron chi connectivity index (χ0n) is 9.54. The average molecular weight is 292 g/mol. The summed E-state index contributed by atoms with van der Waals surface area (Å²) in [4.78, 5) is 22.2. The highest BCUT2D eigenvalue weighted by atomic mass is 35.5. The van der Waals surface area contributed by atoms with E-state index in [0.29, 0.717) is 5.02 Å². The predicted molar refractivity (Wildman–Crippen MR) is 67.1 cm³/mol. The number of imide groups is 1. The molecule has 98 valence electrons. The summed E-state index contributed by atoms with van der Waals surface area (Å²) in [6.07, 6.45) is -0.816. The second-order valence-corrected chi connectivity index (χ2v) is 3.89. The van der Waals surface area contributed by atoms with Gasteiger partial charge in [0.1, 0.15) is 10.8 Å². The smallest absolute Gasteiger partial charge is 0.413 e. The van der Waals surface area contributed by atoms with Crippen molar-refractivity contribution in [2.75, 3.05) is 13.2 Å². The van der Waals surface area contributed by atoms with Gasteiger partial charge in [0.25, 0.3) is 5.91 Å². The van der Waals surface area contributed by atoms with Crippen molar-refractivity contribution in [3.63, 3.8) is 0 Å². The second-order valence-electron chi connectivity index (χ2n) is 3.11. The Morgan fingerprint density at radius 3 is 2.72 bits per heavy atom. The lowest BCUT2D eigenvalue weighted by atomic mass is 10.3. The number of hydrogen-bond acceptors (Lipinski definition) is 4. The van der Waals surface area contributed by atoms with E-state index in [1.54, 1.807) is 25.1 Å². The van der Waals surface area contributed by atoms with Gasteiger partial charge in [-0.15, -0.1) is 0 Å². The first-order valence-corrected chi connectivity index (χ1v) is 5.83. The summed E-state index contributed by atoms with van der Waals surface area (Å²) in [5.41, 5.74) is 0. The van der Waals surface area contributed by atoms with Crippen LogP contribution in [0.25, 0.3) is 0 Å². The Bertz CT molecular complexity index is 451. The summed E-state index contributed by atoms with van der Waals surface area (Å²) < 4.78 is 9.66. The Kier molecular flexibility index (Phi) is 5.74. The number of alkyl carbamates (subject to hydrolysis) is 1. The molecular formula is C11H11Cl2NO4. The topological polar surface area (TPSA) is 64.6 Å². The van der Waals surface area contributed by atoms with E-state index in [1.807, 2.05) is 5.32 Å². The van der Waals surface area contributed by atoms with Crippen LogP contribution in [0.5, 0.6) is 5.75 Å². The molecule has 0 radical (unpaired) electrons. The van der Waals surface area contributed by atoms with Crippen molar-refractivity contribution in [1.82, 2.24) is 5.32 Å². The molecule has 1 aromatic rings. The molecule has 2 amide bonds. The van der Waals surface area contributed by atoms with Crippen molar-refractivity contribution in [1.29, 1.82) is 0 Å². The largest absolute Gasteiger partial charge is 0.482 e. The standard InChI is InChI=1S/C11H11Cl2NO4/c1-2-17-11(16)14-9(15)6-18-8-5-3-4-7(12)10(8)13/h3-5H,2,6H2,1H3,(H,14,15,16). The summed E-state index contributed by atoms with van der Waals surface area (Å²) in [5.74, 6) is -0.368. The van der Waals surface area contributed by atoms with Gasteiger partial charge in [-0.05, 0) is 19.1 Å². The molecule has 0 unspecified atom stereocenters. The molecule has 0 heterocycles. The van der Waals surface area contributed by atoms with Crippen molar-refractivity contribution >= 4 is 35.2 Å². The molecule has 0 atom stereocenters. The Hall–Kier alpha value is -1.46. The number of carbonyl (C=O) groups excluding carboxylic acids is 2. The first-order valence-electron chi connectivity index (χ1n) is 5.08. The van der Waals surface area contributed by atoms with Crippen LogP contribution in [0, 0.1) is 0 Å². The lowest BCUT2D eigenvalue weighted by Gasteiger charge is -2.08. The number of amides is 2. The van der Waals surface area contributed by atoms with Gasteiger partial charge in [-0.3, -0.25) is 10.1 Å². The normalized spacial score (nSPS) is 9.72. The van der Waals surface area contributed by atoms with Gasteiger partial charge in [-0.1, -0.05) is 29.3 Å². The van der Waals surface area contributed by atoms with E-state index in [4.69, 9.17) is 27.9 Å². The minimum Gasteiger partial charge on any atom is -0.482 e. The van der Waals surface area contributed by atoms with Gasteiger partial charge in [0.05, 0.1) is 11.6 Å². The van der Waals surface area contributed by atoms with Gasteiger partial charge >= 0.3 is 6.09 Å². The van der Waals surface area contributed by atoms with Gasteiger partial charge in [0.2, 0.25) is 0 Å². The third kappa shape index (κ3) is 4.43. The zero-order chi connectivity index (χ0) is 13.5. The Labute approximate surface area is 114 Å². The predicted octanol–water partition coefficient (Wildman–Crippen LogP) is 2.64. The van der Waals surface area contributed by atoms with Crippen LogP contribution in [0.3, 0.4) is 0 Å². The fourth-order valence-electron chi connectivity index (χ4n) is 1.06. The monoisotopic (exact) mass is 291 g/mol. The number of benzene rings is 1. The van der Waals surface area contributed by atoms with Crippen LogP contribution in [0.2, 0.25) is 10.0 Å².